The summed E-state index contributed by atoms with van der Waals surface area (Å²) in [5, 5.41) is 16.6. The van der Waals surface area contributed by atoms with E-state index in [9.17, 15) is 13.2 Å². The normalized spacial score (nSPS) is 16.8. The van der Waals surface area contributed by atoms with E-state index in [1.165, 1.54) is 12.8 Å². The minimum atomic E-state index is -3.40. The standard InChI is InChI=1S/C27H34N8O3S/c1-17-12-25-23(34-10-8-21(9-11-34)29-20-4-5-20)6-7-24(35(25)31-17)27(36)30-22-13-18(15-28-39(3,37)38)26-19(14-22)16-33(2)32-26/h6-7,12-14,16,20-21,28-29H,4-5,8-11,15H2,1-3H3,(H,30,36). The van der Waals surface area contributed by atoms with Gasteiger partial charge >= 0.3 is 0 Å². The second-order valence-corrected chi connectivity index (χ2v) is 12.6. The number of sulfonamides is 1. The number of anilines is 2. The molecule has 1 aliphatic carbocycles. The van der Waals surface area contributed by atoms with Crippen LogP contribution < -0.4 is 20.3 Å². The van der Waals surface area contributed by atoms with Gasteiger partial charge < -0.3 is 15.5 Å². The van der Waals surface area contributed by atoms with Gasteiger partial charge in [-0.25, -0.2) is 17.7 Å². The third-order valence-electron chi connectivity index (χ3n) is 7.42. The van der Waals surface area contributed by atoms with Gasteiger partial charge in [0.05, 0.1) is 28.7 Å². The van der Waals surface area contributed by atoms with Gasteiger partial charge in [-0.3, -0.25) is 9.48 Å². The molecule has 0 spiro atoms. The highest BCUT2D eigenvalue weighted by Crippen LogP contribution is 2.29. The monoisotopic (exact) mass is 550 g/mol. The SMILES string of the molecule is Cc1cc2c(N3CCC(NC4CC4)CC3)ccc(C(=O)Nc3cc(CNS(C)(=O)=O)c4nn(C)cc4c3)n2n1. The molecular formula is C27H34N8O3S. The summed E-state index contributed by atoms with van der Waals surface area (Å²) in [7, 11) is -1.59. The third-order valence-corrected chi connectivity index (χ3v) is 8.09. The number of nitrogens with one attached hydrogen (secondary N) is 3. The molecule has 2 fully saturated rings. The third kappa shape index (κ3) is 5.63. The number of pyridine rings is 1. The van der Waals surface area contributed by atoms with Crippen molar-refractivity contribution in [1.29, 1.82) is 0 Å². The Kier molecular flexibility index (Phi) is 6.56. The second-order valence-electron chi connectivity index (χ2n) is 10.8. The highest BCUT2D eigenvalue weighted by Gasteiger charge is 2.28. The van der Waals surface area contributed by atoms with Crippen molar-refractivity contribution in [3.05, 3.63) is 53.5 Å². The quantitative estimate of drug-likeness (QED) is 0.308. The average Bonchev–Trinajstić information content (AvgIpc) is 3.47. The van der Waals surface area contributed by atoms with Gasteiger partial charge in [0.15, 0.2) is 0 Å². The molecule has 4 aromatic rings. The zero-order chi connectivity index (χ0) is 27.3. The van der Waals surface area contributed by atoms with Crippen LogP contribution in [0.15, 0.2) is 36.5 Å². The summed E-state index contributed by atoms with van der Waals surface area (Å²) < 4.78 is 29.3. The minimum absolute atomic E-state index is 0.0697. The maximum absolute atomic E-state index is 13.5. The number of carbonyl (C=O) groups is 1. The van der Waals surface area contributed by atoms with Gasteiger partial charge in [-0.15, -0.1) is 0 Å². The minimum Gasteiger partial charge on any atom is -0.370 e. The van der Waals surface area contributed by atoms with E-state index in [2.05, 4.69) is 30.5 Å². The Hall–Kier alpha value is -3.48. The predicted molar refractivity (Wildman–Crippen MR) is 152 cm³/mol. The molecule has 2 aliphatic rings. The van der Waals surface area contributed by atoms with Crippen molar-refractivity contribution in [3.63, 3.8) is 0 Å². The fourth-order valence-corrected chi connectivity index (χ4v) is 5.84. The van der Waals surface area contributed by atoms with Crippen molar-refractivity contribution in [2.75, 3.05) is 29.6 Å². The summed E-state index contributed by atoms with van der Waals surface area (Å²) in [6.07, 6.45) is 7.75. The molecule has 1 saturated heterocycles. The van der Waals surface area contributed by atoms with Gasteiger partial charge in [-0.1, -0.05) is 0 Å². The van der Waals surface area contributed by atoms with Crippen LogP contribution in [0, 0.1) is 6.92 Å². The van der Waals surface area contributed by atoms with Crippen LogP contribution in [0.25, 0.3) is 16.4 Å². The first-order valence-electron chi connectivity index (χ1n) is 13.4. The van der Waals surface area contributed by atoms with E-state index in [1.807, 2.05) is 37.4 Å². The molecule has 1 aliphatic heterocycles. The first kappa shape index (κ1) is 25.8. The molecule has 1 amide bonds. The smallest absolute Gasteiger partial charge is 0.274 e. The summed E-state index contributed by atoms with van der Waals surface area (Å²) in [4.78, 5) is 15.9. The number of rotatable bonds is 8. The molecule has 1 saturated carbocycles. The number of carbonyl (C=O) groups excluding carboxylic acids is 1. The number of nitrogens with zero attached hydrogens (tertiary/aromatic N) is 5. The average molecular weight is 551 g/mol. The predicted octanol–water partition coefficient (Wildman–Crippen LogP) is 2.55. The highest BCUT2D eigenvalue weighted by atomic mass is 32.2. The number of aromatic nitrogens is 4. The molecular weight excluding hydrogens is 516 g/mol. The topological polar surface area (TPSA) is 126 Å². The molecule has 4 heterocycles. The van der Waals surface area contributed by atoms with Crippen molar-refractivity contribution in [2.45, 2.75) is 51.2 Å². The Labute approximate surface area is 227 Å². The van der Waals surface area contributed by atoms with Gasteiger partial charge in [-0.2, -0.15) is 10.2 Å². The fourth-order valence-electron chi connectivity index (χ4n) is 5.43. The molecule has 39 heavy (non-hydrogen) atoms. The van der Waals surface area contributed by atoms with E-state index in [-0.39, 0.29) is 12.5 Å². The van der Waals surface area contributed by atoms with Gasteiger partial charge in [0, 0.05) is 56.0 Å². The number of hydrogen-bond acceptors (Lipinski definition) is 7. The molecule has 11 nitrogen and oxygen atoms in total. The maximum atomic E-state index is 13.5. The van der Waals surface area contributed by atoms with Crippen LogP contribution in [0.2, 0.25) is 0 Å². The van der Waals surface area contributed by atoms with Crippen LogP contribution in [0.4, 0.5) is 11.4 Å². The first-order chi connectivity index (χ1) is 18.6. The van der Waals surface area contributed by atoms with Crippen molar-refractivity contribution in [2.24, 2.45) is 7.05 Å². The molecule has 3 aromatic heterocycles. The van der Waals surface area contributed by atoms with Gasteiger partial charge in [0.25, 0.3) is 5.91 Å². The Bertz CT molecular complexity index is 1660. The lowest BCUT2D eigenvalue weighted by Crippen LogP contribution is -2.43. The van der Waals surface area contributed by atoms with E-state index in [1.54, 1.807) is 22.3 Å². The van der Waals surface area contributed by atoms with E-state index in [0.717, 1.165) is 60.5 Å². The summed E-state index contributed by atoms with van der Waals surface area (Å²) in [5.74, 6) is -0.299. The van der Waals surface area contributed by atoms with Crippen LogP contribution in [-0.2, 0) is 23.6 Å². The Morgan fingerprint density at radius 2 is 1.79 bits per heavy atom. The molecule has 0 atom stereocenters. The summed E-state index contributed by atoms with van der Waals surface area (Å²) >= 11 is 0. The number of benzene rings is 1. The van der Waals surface area contributed by atoms with Gasteiger partial charge in [0.2, 0.25) is 10.0 Å². The summed E-state index contributed by atoms with van der Waals surface area (Å²) in [6.45, 7) is 3.93. The molecule has 3 N–H and O–H groups in total. The van der Waals surface area contributed by atoms with Crippen LogP contribution >= 0.6 is 0 Å². The Morgan fingerprint density at radius 1 is 1.05 bits per heavy atom. The van der Waals surface area contributed by atoms with Crippen molar-refractivity contribution in [1.82, 2.24) is 29.4 Å². The number of piperidine rings is 1. The van der Waals surface area contributed by atoms with E-state index >= 15 is 0 Å². The number of amides is 1. The molecule has 1 aromatic carbocycles. The van der Waals surface area contributed by atoms with Crippen LogP contribution in [0.3, 0.4) is 0 Å². The summed E-state index contributed by atoms with van der Waals surface area (Å²) in [6, 6.07) is 10.8. The van der Waals surface area contributed by atoms with Gasteiger partial charge in [-0.05, 0) is 68.5 Å². The van der Waals surface area contributed by atoms with E-state index in [0.29, 0.717) is 28.5 Å². The maximum Gasteiger partial charge on any atom is 0.274 e. The first-order valence-corrected chi connectivity index (χ1v) is 15.2. The lowest BCUT2D eigenvalue weighted by Gasteiger charge is -2.34. The molecule has 0 unspecified atom stereocenters. The number of hydrogen-bond donors (Lipinski definition) is 3. The van der Waals surface area contributed by atoms with Gasteiger partial charge in [0.1, 0.15) is 5.69 Å². The fraction of sp³-hybridized carbons (Fsp3) is 0.444. The molecule has 0 bridgehead atoms. The zero-order valence-electron chi connectivity index (χ0n) is 22.4. The number of aryl methyl sites for hydroxylation is 2. The summed E-state index contributed by atoms with van der Waals surface area (Å²) in [5.41, 5.74) is 5.16. The highest BCUT2D eigenvalue weighted by molar-refractivity contribution is 7.88. The molecule has 206 valence electrons. The van der Waals surface area contributed by atoms with Crippen LogP contribution in [0.5, 0.6) is 0 Å². The van der Waals surface area contributed by atoms with E-state index < -0.39 is 10.0 Å². The number of fused-ring (bicyclic) bond motifs is 2. The Morgan fingerprint density at radius 3 is 2.51 bits per heavy atom. The second kappa shape index (κ2) is 9.92. The molecule has 12 heteroatoms. The Balaban J connectivity index is 1.26. The van der Waals surface area contributed by atoms with Crippen LogP contribution in [-0.4, -0.2) is 65.1 Å². The lowest BCUT2D eigenvalue weighted by atomic mass is 10.0. The van der Waals surface area contributed by atoms with E-state index in [4.69, 9.17) is 0 Å². The lowest BCUT2D eigenvalue weighted by molar-refractivity contribution is 0.102. The van der Waals surface area contributed by atoms with Crippen LogP contribution in [0.1, 0.15) is 47.4 Å². The molecule has 6 rings (SSSR count). The van der Waals surface area contributed by atoms with Crippen molar-refractivity contribution in [3.8, 4) is 0 Å². The largest absolute Gasteiger partial charge is 0.370 e. The van der Waals surface area contributed by atoms with Crippen molar-refractivity contribution < 1.29 is 13.2 Å². The van der Waals surface area contributed by atoms with Crippen molar-refractivity contribution >= 4 is 43.7 Å². The zero-order valence-corrected chi connectivity index (χ0v) is 23.3. The molecule has 0 radical (unpaired) electrons.